The van der Waals surface area contributed by atoms with E-state index in [1.165, 1.54) is 9.79 Å². The van der Waals surface area contributed by atoms with Gasteiger partial charge in [0.15, 0.2) is 0 Å². The SMILES string of the molecule is c1ccc(SCC2COC3(OCC(CSc4ccccc4)O3)O2)cc1. The van der Waals surface area contributed by atoms with Gasteiger partial charge in [-0.15, -0.1) is 23.5 Å². The molecule has 0 saturated carbocycles. The minimum absolute atomic E-state index is 0.0364. The number of ether oxygens (including phenoxy) is 4. The van der Waals surface area contributed by atoms with Crippen molar-refractivity contribution in [1.29, 1.82) is 0 Å². The molecule has 25 heavy (non-hydrogen) atoms. The highest BCUT2D eigenvalue weighted by Gasteiger charge is 2.51. The maximum atomic E-state index is 5.92. The number of rotatable bonds is 6. The average Bonchev–Trinajstić information content (AvgIpc) is 3.26. The second-order valence-corrected chi connectivity index (χ2v) is 8.04. The van der Waals surface area contributed by atoms with Crippen LogP contribution >= 0.6 is 23.5 Å². The molecule has 0 aliphatic carbocycles. The van der Waals surface area contributed by atoms with Crippen LogP contribution in [0, 0.1) is 0 Å². The Morgan fingerprint density at radius 3 is 1.60 bits per heavy atom. The Bertz CT molecular complexity index is 608. The average molecular weight is 376 g/mol. The summed E-state index contributed by atoms with van der Waals surface area (Å²) in [7, 11) is 0. The van der Waals surface area contributed by atoms with Crippen LogP contribution in [0.1, 0.15) is 0 Å². The molecule has 2 saturated heterocycles. The molecule has 0 bridgehead atoms. The standard InChI is InChI=1S/C19H20O4S2/c1-3-7-17(8-4-1)24-13-15-11-20-19(22-15)21-12-16(23-19)14-25-18-9-5-2-6-10-18/h1-10,15-16H,11-14H2. The van der Waals surface area contributed by atoms with E-state index >= 15 is 0 Å². The molecule has 2 aliphatic heterocycles. The molecular formula is C19H20O4S2. The molecule has 0 radical (unpaired) electrons. The summed E-state index contributed by atoms with van der Waals surface area (Å²) in [5.74, 6) is 1.61. The van der Waals surface area contributed by atoms with Crippen LogP contribution in [0.4, 0.5) is 0 Å². The van der Waals surface area contributed by atoms with E-state index in [4.69, 9.17) is 18.9 Å². The number of hydrogen-bond donors (Lipinski definition) is 0. The molecule has 2 aromatic carbocycles. The van der Waals surface area contributed by atoms with Crippen LogP contribution < -0.4 is 0 Å². The summed E-state index contributed by atoms with van der Waals surface area (Å²) in [4.78, 5) is 2.44. The van der Waals surface area contributed by atoms with Crippen molar-refractivity contribution in [2.75, 3.05) is 24.7 Å². The zero-order valence-electron chi connectivity index (χ0n) is 13.7. The van der Waals surface area contributed by atoms with Crippen molar-refractivity contribution in [3.63, 3.8) is 0 Å². The topological polar surface area (TPSA) is 36.9 Å². The van der Waals surface area contributed by atoms with Crippen LogP contribution in [-0.2, 0) is 18.9 Å². The maximum absolute atomic E-state index is 5.92. The molecule has 1 spiro atoms. The fourth-order valence-electron chi connectivity index (χ4n) is 2.65. The molecule has 2 unspecified atom stereocenters. The minimum Gasteiger partial charge on any atom is -0.300 e. The third kappa shape index (κ3) is 4.58. The summed E-state index contributed by atoms with van der Waals surface area (Å²) in [6, 6.07) is 20.5. The lowest BCUT2D eigenvalue weighted by Gasteiger charge is -2.20. The van der Waals surface area contributed by atoms with Gasteiger partial charge in [-0.2, -0.15) is 0 Å². The number of thioether (sulfide) groups is 2. The zero-order chi connectivity index (χ0) is 17.0. The molecule has 0 N–H and O–H groups in total. The van der Waals surface area contributed by atoms with Crippen LogP contribution in [0.3, 0.4) is 0 Å². The summed E-state index contributed by atoms with van der Waals surface area (Å²) in [5, 5.41) is 0. The predicted molar refractivity (Wildman–Crippen MR) is 98.7 cm³/mol. The molecule has 2 heterocycles. The molecular weight excluding hydrogens is 356 g/mol. The summed E-state index contributed by atoms with van der Waals surface area (Å²) in [6.45, 7) is 0.969. The van der Waals surface area contributed by atoms with Gasteiger partial charge in [0.05, 0.1) is 25.4 Å². The van der Waals surface area contributed by atoms with Gasteiger partial charge in [-0.1, -0.05) is 36.4 Å². The summed E-state index contributed by atoms with van der Waals surface area (Å²) in [5.41, 5.74) is 0. The Morgan fingerprint density at radius 2 is 1.16 bits per heavy atom. The van der Waals surface area contributed by atoms with Crippen molar-refractivity contribution in [3.05, 3.63) is 60.7 Å². The van der Waals surface area contributed by atoms with E-state index in [9.17, 15) is 0 Å². The first-order valence-corrected chi connectivity index (χ1v) is 10.3. The first kappa shape index (κ1) is 17.4. The van der Waals surface area contributed by atoms with E-state index in [2.05, 4.69) is 24.3 Å². The highest BCUT2D eigenvalue weighted by Crippen LogP contribution is 2.36. The van der Waals surface area contributed by atoms with Gasteiger partial charge in [-0.05, 0) is 24.3 Å². The first-order valence-electron chi connectivity index (χ1n) is 8.31. The molecule has 0 aromatic heterocycles. The Kier molecular flexibility index (Phi) is 5.65. The normalized spacial score (nSPS) is 28.6. The third-order valence-corrected chi connectivity index (χ3v) is 6.16. The van der Waals surface area contributed by atoms with Gasteiger partial charge in [-0.3, -0.25) is 9.47 Å². The lowest BCUT2D eigenvalue weighted by Crippen LogP contribution is -2.33. The van der Waals surface area contributed by atoms with Gasteiger partial charge >= 0.3 is 6.16 Å². The molecule has 6 heteroatoms. The van der Waals surface area contributed by atoms with Gasteiger partial charge < -0.3 is 9.47 Å². The molecule has 2 aliphatic rings. The fraction of sp³-hybridized carbons (Fsp3) is 0.368. The number of benzene rings is 2. The van der Waals surface area contributed by atoms with Crippen molar-refractivity contribution in [3.8, 4) is 0 Å². The monoisotopic (exact) mass is 376 g/mol. The minimum atomic E-state index is -1.30. The lowest BCUT2D eigenvalue weighted by atomic mass is 10.4. The smallest absolute Gasteiger partial charge is 0.300 e. The molecule has 2 aromatic rings. The van der Waals surface area contributed by atoms with Crippen molar-refractivity contribution >= 4 is 23.5 Å². The summed E-state index contributed by atoms with van der Waals surface area (Å²) in [6.07, 6.45) is -1.37. The first-order chi connectivity index (χ1) is 12.3. The van der Waals surface area contributed by atoms with E-state index in [1.54, 1.807) is 23.5 Å². The Balaban J connectivity index is 1.24. The summed E-state index contributed by atoms with van der Waals surface area (Å²) >= 11 is 3.50. The molecule has 132 valence electrons. The Labute approximate surface area is 156 Å². The van der Waals surface area contributed by atoms with Gasteiger partial charge in [0.2, 0.25) is 0 Å². The van der Waals surface area contributed by atoms with E-state index in [0.29, 0.717) is 13.2 Å². The van der Waals surface area contributed by atoms with Crippen LogP contribution in [0.2, 0.25) is 0 Å². The van der Waals surface area contributed by atoms with Crippen molar-refractivity contribution < 1.29 is 18.9 Å². The van der Waals surface area contributed by atoms with E-state index in [0.717, 1.165) is 11.5 Å². The molecule has 2 fully saturated rings. The second-order valence-electron chi connectivity index (χ2n) is 5.85. The van der Waals surface area contributed by atoms with Crippen LogP contribution in [0.25, 0.3) is 0 Å². The largest absolute Gasteiger partial charge is 0.413 e. The summed E-state index contributed by atoms with van der Waals surface area (Å²) < 4.78 is 23.2. The molecule has 0 amide bonds. The van der Waals surface area contributed by atoms with Gasteiger partial charge in [0.25, 0.3) is 0 Å². The molecule has 4 rings (SSSR count). The van der Waals surface area contributed by atoms with Crippen molar-refractivity contribution in [2.45, 2.75) is 28.2 Å². The van der Waals surface area contributed by atoms with Crippen molar-refractivity contribution in [1.82, 2.24) is 0 Å². The Morgan fingerprint density at radius 1 is 0.720 bits per heavy atom. The molecule has 4 nitrogen and oxygen atoms in total. The van der Waals surface area contributed by atoms with Crippen LogP contribution in [0.5, 0.6) is 0 Å². The zero-order valence-corrected chi connectivity index (χ0v) is 15.3. The predicted octanol–water partition coefficient (Wildman–Crippen LogP) is 4.01. The molecule has 2 atom stereocenters. The number of hydrogen-bond acceptors (Lipinski definition) is 6. The van der Waals surface area contributed by atoms with Crippen molar-refractivity contribution in [2.24, 2.45) is 0 Å². The fourth-order valence-corrected chi connectivity index (χ4v) is 4.43. The van der Waals surface area contributed by atoms with Gasteiger partial charge in [0.1, 0.15) is 0 Å². The van der Waals surface area contributed by atoms with Gasteiger partial charge in [-0.25, -0.2) is 0 Å². The van der Waals surface area contributed by atoms with Crippen LogP contribution in [0.15, 0.2) is 70.5 Å². The van der Waals surface area contributed by atoms with Gasteiger partial charge in [0, 0.05) is 21.3 Å². The second kappa shape index (κ2) is 8.12. The lowest BCUT2D eigenvalue weighted by molar-refractivity contribution is -0.429. The maximum Gasteiger partial charge on any atom is 0.413 e. The highest BCUT2D eigenvalue weighted by atomic mass is 32.2. The van der Waals surface area contributed by atoms with Crippen LogP contribution in [-0.4, -0.2) is 43.1 Å². The van der Waals surface area contributed by atoms with E-state index < -0.39 is 6.16 Å². The van der Waals surface area contributed by atoms with E-state index in [1.807, 2.05) is 36.4 Å². The highest BCUT2D eigenvalue weighted by molar-refractivity contribution is 7.99. The quantitative estimate of drug-likeness (QED) is 0.709. The van der Waals surface area contributed by atoms with E-state index in [-0.39, 0.29) is 12.2 Å². The Hall–Kier alpha value is -1.02. The third-order valence-electron chi connectivity index (χ3n) is 3.87.